The van der Waals surface area contributed by atoms with Crippen LogP contribution in [0.3, 0.4) is 0 Å². The number of hydrogen-bond donors (Lipinski definition) is 2. The van der Waals surface area contributed by atoms with E-state index >= 15 is 0 Å². The molecule has 33 heavy (non-hydrogen) atoms. The van der Waals surface area contributed by atoms with Crippen LogP contribution in [0.15, 0.2) is 30.3 Å². The van der Waals surface area contributed by atoms with Gasteiger partial charge in [-0.15, -0.1) is 11.6 Å². The van der Waals surface area contributed by atoms with Crippen molar-refractivity contribution in [3.8, 4) is 0 Å². The van der Waals surface area contributed by atoms with Crippen molar-refractivity contribution in [2.45, 2.75) is 75.1 Å². The van der Waals surface area contributed by atoms with Crippen molar-refractivity contribution in [1.82, 2.24) is 15.5 Å². The zero-order chi connectivity index (χ0) is 22.4. The van der Waals surface area contributed by atoms with Gasteiger partial charge in [0.2, 0.25) is 0 Å². The van der Waals surface area contributed by atoms with E-state index in [-0.39, 0.29) is 23.8 Å². The molecule has 1 saturated carbocycles. The topological polar surface area (TPSA) is 53.6 Å². The van der Waals surface area contributed by atoms with Gasteiger partial charge in [-0.3, -0.25) is 4.90 Å². The molecule has 2 aromatic carbocycles. The fourth-order valence-corrected chi connectivity index (χ4v) is 6.73. The van der Waals surface area contributed by atoms with E-state index in [0.717, 1.165) is 57.7 Å². The summed E-state index contributed by atoms with van der Waals surface area (Å²) in [5.74, 6) is 1.57. The van der Waals surface area contributed by atoms with Crippen LogP contribution in [0.1, 0.15) is 73.1 Å². The smallest absolute Gasteiger partial charge is 0.317 e. The van der Waals surface area contributed by atoms with Crippen molar-refractivity contribution < 1.29 is 9.53 Å². The zero-order valence-electron chi connectivity index (χ0n) is 19.2. The van der Waals surface area contributed by atoms with E-state index in [0.29, 0.717) is 5.92 Å². The normalized spacial score (nSPS) is 28.6. The summed E-state index contributed by atoms with van der Waals surface area (Å²) < 4.78 is 5.63. The van der Waals surface area contributed by atoms with Gasteiger partial charge in [-0.25, -0.2) is 4.79 Å². The molecule has 2 saturated heterocycles. The fourth-order valence-electron chi connectivity index (χ4n) is 6.29. The van der Waals surface area contributed by atoms with Crippen LogP contribution in [0.2, 0.25) is 0 Å². The largest absolute Gasteiger partial charge is 0.358 e. The minimum atomic E-state index is -0.144. The van der Waals surface area contributed by atoms with Crippen LogP contribution in [-0.4, -0.2) is 42.9 Å². The molecule has 5 nitrogen and oxygen atoms in total. The van der Waals surface area contributed by atoms with Crippen LogP contribution in [-0.2, 0) is 11.2 Å². The molecular weight excluding hydrogens is 434 g/mol. The summed E-state index contributed by atoms with van der Waals surface area (Å²) in [6.45, 7) is 2.52. The molecule has 2 aromatic rings. The molecule has 6 heteroatoms. The molecule has 3 fully saturated rings. The highest BCUT2D eigenvalue weighted by Gasteiger charge is 2.45. The number of carbonyl (C=O) groups is 1. The molecule has 176 valence electrons. The third-order valence-electron chi connectivity index (χ3n) is 8.19. The number of ether oxygens (including phenoxy) is 1. The Bertz CT molecular complexity index is 1030. The Morgan fingerprint density at radius 3 is 2.76 bits per heavy atom. The first-order valence-corrected chi connectivity index (χ1v) is 13.2. The SMILES string of the molecule is O=C(NC1CCN(C(Cl)c2c3c(cc4ccccc24)CCC2CC32)CC1)NC1CCCCO1. The molecule has 4 aliphatic rings. The van der Waals surface area contributed by atoms with E-state index in [4.69, 9.17) is 16.3 Å². The summed E-state index contributed by atoms with van der Waals surface area (Å²) in [5.41, 5.74) is 4.31. The quantitative estimate of drug-likeness (QED) is 0.466. The van der Waals surface area contributed by atoms with E-state index in [1.165, 1.54) is 41.2 Å². The highest BCUT2D eigenvalue weighted by atomic mass is 35.5. The zero-order valence-corrected chi connectivity index (χ0v) is 19.9. The Balaban J connectivity index is 1.14. The lowest BCUT2D eigenvalue weighted by molar-refractivity contribution is 0.00196. The Hall–Kier alpha value is -1.82. The molecular formula is C27H34ClN3O2. The number of halogens is 1. The van der Waals surface area contributed by atoms with Gasteiger partial charge in [0.05, 0.1) is 0 Å². The van der Waals surface area contributed by atoms with Gasteiger partial charge in [0.15, 0.2) is 0 Å². The summed E-state index contributed by atoms with van der Waals surface area (Å²) >= 11 is 7.28. The van der Waals surface area contributed by atoms with Gasteiger partial charge in [-0.1, -0.05) is 30.3 Å². The van der Waals surface area contributed by atoms with Crippen LogP contribution in [0.4, 0.5) is 4.79 Å². The summed E-state index contributed by atoms with van der Waals surface area (Å²) in [6, 6.07) is 11.2. The number of piperidine rings is 1. The number of fused-ring (bicyclic) bond motifs is 4. The van der Waals surface area contributed by atoms with Gasteiger partial charge < -0.3 is 15.4 Å². The number of nitrogens with one attached hydrogen (secondary N) is 2. The fraction of sp³-hybridized carbons (Fsp3) is 0.593. The predicted octanol–water partition coefficient (Wildman–Crippen LogP) is 5.42. The highest BCUT2D eigenvalue weighted by Crippen LogP contribution is 2.57. The minimum absolute atomic E-state index is 0.106. The molecule has 6 rings (SSSR count). The van der Waals surface area contributed by atoms with Crippen LogP contribution in [0.5, 0.6) is 0 Å². The van der Waals surface area contributed by atoms with Crippen LogP contribution < -0.4 is 10.6 Å². The van der Waals surface area contributed by atoms with Crippen molar-refractivity contribution in [3.63, 3.8) is 0 Å². The van der Waals surface area contributed by atoms with Crippen molar-refractivity contribution in [2.24, 2.45) is 5.92 Å². The number of nitrogens with zero attached hydrogens (tertiary/aromatic N) is 1. The van der Waals surface area contributed by atoms with E-state index in [1.54, 1.807) is 5.56 Å². The highest BCUT2D eigenvalue weighted by molar-refractivity contribution is 6.21. The summed E-state index contributed by atoms with van der Waals surface area (Å²) in [6.07, 6.45) is 8.62. The number of alkyl halides is 1. The van der Waals surface area contributed by atoms with E-state index < -0.39 is 0 Å². The Kier molecular flexibility index (Phi) is 5.97. The molecule has 0 aromatic heterocycles. The van der Waals surface area contributed by atoms with Gasteiger partial charge in [-0.2, -0.15) is 0 Å². The maximum absolute atomic E-state index is 12.4. The molecule has 0 bridgehead atoms. The van der Waals surface area contributed by atoms with Gasteiger partial charge >= 0.3 is 6.03 Å². The van der Waals surface area contributed by atoms with Crippen LogP contribution in [0, 0.1) is 5.92 Å². The molecule has 2 aliphatic carbocycles. The molecule has 2 amide bonds. The lowest BCUT2D eigenvalue weighted by atomic mass is 9.84. The molecule has 2 heterocycles. The first-order chi connectivity index (χ1) is 16.2. The van der Waals surface area contributed by atoms with Gasteiger partial charge in [-0.05, 0) is 90.7 Å². The Morgan fingerprint density at radius 1 is 1.09 bits per heavy atom. The number of aryl methyl sites for hydroxylation is 1. The monoisotopic (exact) mass is 467 g/mol. The minimum Gasteiger partial charge on any atom is -0.358 e. The number of hydrogen-bond acceptors (Lipinski definition) is 3. The molecule has 4 unspecified atom stereocenters. The molecule has 0 radical (unpaired) electrons. The maximum atomic E-state index is 12.4. The number of amides is 2. The Labute approximate surface area is 201 Å². The van der Waals surface area contributed by atoms with Crippen LogP contribution in [0.25, 0.3) is 10.8 Å². The average molecular weight is 468 g/mol. The number of rotatable bonds is 4. The molecule has 2 N–H and O–H groups in total. The van der Waals surface area contributed by atoms with Gasteiger partial charge in [0.1, 0.15) is 11.7 Å². The van der Waals surface area contributed by atoms with Gasteiger partial charge in [0.25, 0.3) is 0 Å². The van der Waals surface area contributed by atoms with Crippen LogP contribution >= 0.6 is 11.6 Å². The lowest BCUT2D eigenvalue weighted by Gasteiger charge is -2.37. The van der Waals surface area contributed by atoms with E-state index in [2.05, 4.69) is 45.9 Å². The summed E-state index contributed by atoms with van der Waals surface area (Å²) in [7, 11) is 0. The second-order valence-electron chi connectivity index (χ2n) is 10.3. The van der Waals surface area contributed by atoms with E-state index in [9.17, 15) is 4.79 Å². The number of carbonyl (C=O) groups excluding carboxylic acids is 1. The lowest BCUT2D eigenvalue weighted by Crippen LogP contribution is -2.51. The van der Waals surface area contributed by atoms with E-state index in [1.807, 2.05) is 0 Å². The standard InChI is InChI=1S/C27H34ClN3O2/c28-26(31-12-10-20(11-13-31)29-27(32)30-23-7-3-4-14-33-23)25-21-6-2-1-5-17(21)15-19-9-8-18-16-22(18)24(19)25/h1-2,5-6,15,18,20,22-23,26H,3-4,7-14,16H2,(H2,29,30,32). The van der Waals surface area contributed by atoms with Crippen molar-refractivity contribution in [3.05, 3.63) is 47.0 Å². The predicted molar refractivity (Wildman–Crippen MR) is 132 cm³/mol. The van der Waals surface area contributed by atoms with Crippen molar-refractivity contribution >= 4 is 28.4 Å². The number of benzene rings is 2. The third-order valence-corrected chi connectivity index (χ3v) is 8.68. The summed E-state index contributed by atoms with van der Waals surface area (Å²) in [5, 5.41) is 8.77. The van der Waals surface area contributed by atoms with Crippen molar-refractivity contribution in [2.75, 3.05) is 19.7 Å². The van der Waals surface area contributed by atoms with Gasteiger partial charge in [0, 0.05) is 25.7 Å². The molecule has 0 spiro atoms. The summed E-state index contributed by atoms with van der Waals surface area (Å²) in [4.78, 5) is 14.8. The Morgan fingerprint density at radius 2 is 1.94 bits per heavy atom. The maximum Gasteiger partial charge on any atom is 0.317 e. The number of urea groups is 1. The first kappa shape index (κ1) is 21.7. The first-order valence-electron chi connectivity index (χ1n) is 12.8. The number of likely N-dealkylation sites (tertiary alicyclic amines) is 1. The second-order valence-corrected chi connectivity index (χ2v) is 10.8. The third kappa shape index (κ3) is 4.36. The molecule has 2 aliphatic heterocycles. The second kappa shape index (κ2) is 9.09. The average Bonchev–Trinajstić information content (AvgIpc) is 3.63. The molecule has 4 atom stereocenters. The van der Waals surface area contributed by atoms with Crippen molar-refractivity contribution in [1.29, 1.82) is 0 Å².